The Bertz CT molecular complexity index is 887. The van der Waals surface area contributed by atoms with Gasteiger partial charge in [-0.15, -0.1) is 0 Å². The molecule has 6 nitrogen and oxygen atoms in total. The first-order valence-corrected chi connectivity index (χ1v) is 10.7. The SMILES string of the molecule is Cc1ccc(N2CC(C(=O)NC3CCC(Oc4ccc(C)cn4)CC3)CC2=O)cc1. The van der Waals surface area contributed by atoms with Crippen molar-refractivity contribution in [3.05, 3.63) is 53.7 Å². The average Bonchev–Trinajstić information content (AvgIpc) is 3.13. The fourth-order valence-corrected chi connectivity index (χ4v) is 4.20. The van der Waals surface area contributed by atoms with Crippen molar-refractivity contribution < 1.29 is 14.3 Å². The number of amides is 2. The lowest BCUT2D eigenvalue weighted by Gasteiger charge is -2.29. The topological polar surface area (TPSA) is 71.5 Å². The molecule has 1 saturated heterocycles. The predicted octanol–water partition coefficient (Wildman–Crippen LogP) is 3.56. The van der Waals surface area contributed by atoms with Crippen molar-refractivity contribution in [3.8, 4) is 5.88 Å². The highest BCUT2D eigenvalue weighted by Crippen LogP contribution is 2.27. The van der Waals surface area contributed by atoms with Crippen LogP contribution in [0.15, 0.2) is 42.6 Å². The van der Waals surface area contributed by atoms with Gasteiger partial charge in [0.25, 0.3) is 0 Å². The molecule has 1 aliphatic heterocycles. The summed E-state index contributed by atoms with van der Waals surface area (Å²) in [4.78, 5) is 31.2. The zero-order chi connectivity index (χ0) is 21.1. The van der Waals surface area contributed by atoms with Crippen molar-refractivity contribution in [1.29, 1.82) is 0 Å². The van der Waals surface area contributed by atoms with E-state index in [2.05, 4.69) is 10.3 Å². The maximum Gasteiger partial charge on any atom is 0.227 e. The molecule has 1 unspecified atom stereocenters. The summed E-state index contributed by atoms with van der Waals surface area (Å²) in [6, 6.07) is 11.9. The summed E-state index contributed by atoms with van der Waals surface area (Å²) in [6.07, 6.45) is 5.76. The summed E-state index contributed by atoms with van der Waals surface area (Å²) in [7, 11) is 0. The number of anilines is 1. The molecule has 4 rings (SSSR count). The van der Waals surface area contributed by atoms with Crippen LogP contribution >= 0.6 is 0 Å². The molecule has 6 heteroatoms. The third-order valence-electron chi connectivity index (χ3n) is 6.03. The first-order valence-electron chi connectivity index (χ1n) is 10.7. The van der Waals surface area contributed by atoms with Crippen LogP contribution in [0.5, 0.6) is 5.88 Å². The van der Waals surface area contributed by atoms with Crippen LogP contribution in [-0.4, -0.2) is 35.5 Å². The monoisotopic (exact) mass is 407 g/mol. The number of carbonyl (C=O) groups excluding carboxylic acids is 2. The minimum atomic E-state index is -0.287. The molecule has 0 bridgehead atoms. The zero-order valence-electron chi connectivity index (χ0n) is 17.6. The Balaban J connectivity index is 1.25. The fraction of sp³-hybridized carbons (Fsp3) is 0.458. The van der Waals surface area contributed by atoms with Gasteiger partial charge in [0, 0.05) is 37.0 Å². The molecule has 1 aliphatic carbocycles. The van der Waals surface area contributed by atoms with Gasteiger partial charge in [0.1, 0.15) is 6.10 Å². The summed E-state index contributed by atoms with van der Waals surface area (Å²) in [5.41, 5.74) is 3.13. The van der Waals surface area contributed by atoms with Crippen molar-refractivity contribution in [2.75, 3.05) is 11.4 Å². The summed E-state index contributed by atoms with van der Waals surface area (Å²) in [5, 5.41) is 3.17. The Labute approximate surface area is 177 Å². The quantitative estimate of drug-likeness (QED) is 0.823. The normalized spacial score (nSPS) is 24.0. The van der Waals surface area contributed by atoms with E-state index in [1.807, 2.05) is 56.4 Å². The Morgan fingerprint density at radius 2 is 1.73 bits per heavy atom. The van der Waals surface area contributed by atoms with Gasteiger partial charge >= 0.3 is 0 Å². The van der Waals surface area contributed by atoms with E-state index in [-0.39, 0.29) is 36.3 Å². The number of nitrogens with one attached hydrogen (secondary N) is 1. The molecular weight excluding hydrogens is 378 g/mol. The number of pyridine rings is 1. The van der Waals surface area contributed by atoms with Gasteiger partial charge in [0.15, 0.2) is 0 Å². The Morgan fingerprint density at radius 3 is 2.40 bits per heavy atom. The minimum absolute atomic E-state index is 0.0115. The van der Waals surface area contributed by atoms with Crippen LogP contribution in [0.3, 0.4) is 0 Å². The largest absolute Gasteiger partial charge is 0.474 e. The number of benzene rings is 1. The number of hydrogen-bond acceptors (Lipinski definition) is 4. The minimum Gasteiger partial charge on any atom is -0.474 e. The fourth-order valence-electron chi connectivity index (χ4n) is 4.20. The molecular formula is C24H29N3O3. The summed E-state index contributed by atoms with van der Waals surface area (Å²) < 4.78 is 5.97. The molecule has 30 heavy (non-hydrogen) atoms. The maximum atomic E-state index is 12.8. The molecule has 1 saturated carbocycles. The van der Waals surface area contributed by atoms with Crippen LogP contribution in [0.1, 0.15) is 43.2 Å². The van der Waals surface area contributed by atoms with Crippen LogP contribution in [0, 0.1) is 19.8 Å². The Hall–Kier alpha value is -2.89. The summed E-state index contributed by atoms with van der Waals surface area (Å²) in [6.45, 7) is 4.47. The van der Waals surface area contributed by atoms with Crippen LogP contribution in [0.4, 0.5) is 5.69 Å². The first-order chi connectivity index (χ1) is 14.5. The summed E-state index contributed by atoms with van der Waals surface area (Å²) in [5.74, 6) is 0.377. The van der Waals surface area contributed by atoms with Gasteiger partial charge in [-0.05, 0) is 57.2 Å². The highest BCUT2D eigenvalue weighted by molar-refractivity contribution is 6.00. The van der Waals surface area contributed by atoms with Crippen molar-refractivity contribution in [2.24, 2.45) is 5.92 Å². The second-order valence-corrected chi connectivity index (χ2v) is 8.51. The Kier molecular flexibility index (Phi) is 6.02. The van der Waals surface area contributed by atoms with Crippen LogP contribution in [0.25, 0.3) is 0 Å². The smallest absolute Gasteiger partial charge is 0.227 e. The molecule has 2 fully saturated rings. The van der Waals surface area contributed by atoms with E-state index in [0.29, 0.717) is 12.4 Å². The van der Waals surface area contributed by atoms with Gasteiger partial charge in [-0.3, -0.25) is 9.59 Å². The molecule has 1 atom stereocenters. The highest BCUT2D eigenvalue weighted by atomic mass is 16.5. The number of aromatic nitrogens is 1. The molecule has 1 aromatic heterocycles. The lowest BCUT2D eigenvalue weighted by molar-refractivity contribution is -0.127. The second-order valence-electron chi connectivity index (χ2n) is 8.51. The number of carbonyl (C=O) groups is 2. The van der Waals surface area contributed by atoms with E-state index in [4.69, 9.17) is 4.74 Å². The van der Waals surface area contributed by atoms with E-state index in [0.717, 1.165) is 42.5 Å². The molecule has 2 aliphatic rings. The third-order valence-corrected chi connectivity index (χ3v) is 6.03. The molecule has 1 N–H and O–H groups in total. The van der Waals surface area contributed by atoms with Crippen molar-refractivity contribution >= 4 is 17.5 Å². The Morgan fingerprint density at radius 1 is 1.03 bits per heavy atom. The predicted molar refractivity (Wildman–Crippen MR) is 115 cm³/mol. The second kappa shape index (κ2) is 8.86. The van der Waals surface area contributed by atoms with Gasteiger partial charge in [0.05, 0.1) is 5.92 Å². The number of ether oxygens (including phenoxy) is 1. The number of rotatable bonds is 5. The van der Waals surface area contributed by atoms with Crippen LogP contribution in [-0.2, 0) is 9.59 Å². The van der Waals surface area contributed by atoms with Crippen molar-refractivity contribution in [3.63, 3.8) is 0 Å². The number of hydrogen-bond donors (Lipinski definition) is 1. The lowest BCUT2D eigenvalue weighted by atomic mass is 9.92. The van der Waals surface area contributed by atoms with Gasteiger partial charge in [-0.25, -0.2) is 4.98 Å². The number of nitrogens with zero attached hydrogens (tertiary/aromatic N) is 2. The van der Waals surface area contributed by atoms with E-state index in [1.165, 1.54) is 0 Å². The maximum absolute atomic E-state index is 12.8. The van der Waals surface area contributed by atoms with Crippen LogP contribution in [0.2, 0.25) is 0 Å². The van der Waals surface area contributed by atoms with Gasteiger partial charge < -0.3 is 15.0 Å². The van der Waals surface area contributed by atoms with Crippen molar-refractivity contribution in [2.45, 2.75) is 58.1 Å². The van der Waals surface area contributed by atoms with E-state index in [9.17, 15) is 9.59 Å². The first kappa shape index (κ1) is 20.4. The van der Waals surface area contributed by atoms with Gasteiger partial charge in [-0.1, -0.05) is 23.8 Å². The molecule has 2 amide bonds. The molecule has 158 valence electrons. The number of aryl methyl sites for hydroxylation is 2. The third kappa shape index (κ3) is 4.81. The van der Waals surface area contributed by atoms with Gasteiger partial charge in [-0.2, -0.15) is 0 Å². The summed E-state index contributed by atoms with van der Waals surface area (Å²) >= 11 is 0. The molecule has 0 radical (unpaired) electrons. The molecule has 1 aromatic carbocycles. The van der Waals surface area contributed by atoms with Crippen LogP contribution < -0.4 is 15.0 Å². The highest BCUT2D eigenvalue weighted by Gasteiger charge is 2.36. The standard InChI is InChI=1S/C24H29N3O3/c1-16-3-8-20(9-4-16)27-15-18(13-23(27)28)24(29)26-19-6-10-21(11-7-19)30-22-12-5-17(2)14-25-22/h3-5,8-9,12,14,18-19,21H,6-7,10-11,13,15H2,1-2H3,(H,26,29). The molecule has 2 aromatic rings. The van der Waals surface area contributed by atoms with E-state index < -0.39 is 0 Å². The van der Waals surface area contributed by atoms with Crippen molar-refractivity contribution in [1.82, 2.24) is 10.3 Å². The molecule has 0 spiro atoms. The lowest BCUT2D eigenvalue weighted by Crippen LogP contribution is -2.43. The van der Waals surface area contributed by atoms with E-state index >= 15 is 0 Å². The molecule has 2 heterocycles. The van der Waals surface area contributed by atoms with Gasteiger partial charge in [0.2, 0.25) is 17.7 Å². The van der Waals surface area contributed by atoms with E-state index in [1.54, 1.807) is 4.90 Å². The zero-order valence-corrected chi connectivity index (χ0v) is 17.6. The average molecular weight is 408 g/mol.